The van der Waals surface area contributed by atoms with Gasteiger partial charge in [0.15, 0.2) is 5.60 Å². The number of ether oxygens (including phenoxy) is 1. The van der Waals surface area contributed by atoms with Crippen LogP contribution in [0.3, 0.4) is 0 Å². The molecule has 12 heteroatoms. The van der Waals surface area contributed by atoms with Crippen molar-refractivity contribution in [1.82, 2.24) is 0 Å². The number of aliphatic hydroxyl groups excluding tert-OH is 3. The van der Waals surface area contributed by atoms with Gasteiger partial charge in [-0.2, -0.15) is 0 Å². The molecule has 0 aromatic carbocycles. The summed E-state index contributed by atoms with van der Waals surface area (Å²) in [5, 5.41) is 65.0. The topological polar surface area (TPSA) is 219 Å². The van der Waals surface area contributed by atoms with Gasteiger partial charge in [-0.15, -0.1) is 0 Å². The third kappa shape index (κ3) is 6.19. The average Bonchev–Trinajstić information content (AvgIpc) is 2.60. The molecule has 156 valence electrons. The van der Waals surface area contributed by atoms with E-state index in [1.807, 2.05) is 0 Å². The normalized spacial score (nSPS) is 16.3. The zero-order chi connectivity index (χ0) is 22.0. The molecule has 1 unspecified atom stereocenters. The maximum Gasteiger partial charge on any atom is 0.507 e. The third-order valence-electron chi connectivity index (χ3n) is 3.88. The smallest absolute Gasteiger partial charge is 0.478 e. The van der Waals surface area contributed by atoms with Crippen LogP contribution in [0.1, 0.15) is 0 Å². The minimum Gasteiger partial charge on any atom is -0.478 e. The number of hydrogen-bond donors (Lipinski definition) is 7. The summed E-state index contributed by atoms with van der Waals surface area (Å²) < 4.78 is 4.70. The van der Waals surface area contributed by atoms with Crippen LogP contribution in [0.5, 0.6) is 0 Å². The second-order valence-electron chi connectivity index (χ2n) is 5.44. The summed E-state index contributed by atoms with van der Waals surface area (Å²) >= 11 is 0. The molecule has 0 aliphatic carbocycles. The van der Waals surface area contributed by atoms with Crippen molar-refractivity contribution in [2.45, 2.75) is 5.60 Å². The molecular formula is C16H20O12. The Morgan fingerprint density at radius 1 is 0.750 bits per heavy atom. The fourth-order valence-electron chi connectivity index (χ4n) is 2.56. The molecule has 0 aliphatic heterocycles. The van der Waals surface area contributed by atoms with Crippen LogP contribution in [0.25, 0.3) is 0 Å². The van der Waals surface area contributed by atoms with Crippen LogP contribution in [0.2, 0.25) is 0 Å². The van der Waals surface area contributed by atoms with Crippen molar-refractivity contribution in [3.63, 3.8) is 0 Å². The van der Waals surface area contributed by atoms with Gasteiger partial charge in [-0.05, 0) is 12.2 Å². The zero-order valence-corrected chi connectivity index (χ0v) is 14.3. The van der Waals surface area contributed by atoms with Crippen LogP contribution in [0.4, 0.5) is 4.79 Å². The van der Waals surface area contributed by atoms with Crippen LogP contribution < -0.4 is 0 Å². The lowest BCUT2D eigenvalue weighted by Gasteiger charge is -2.47. The zero-order valence-electron chi connectivity index (χ0n) is 14.3. The molecule has 0 spiro atoms. The lowest BCUT2D eigenvalue weighted by atomic mass is 9.63. The predicted molar refractivity (Wildman–Crippen MR) is 89.3 cm³/mol. The quantitative estimate of drug-likeness (QED) is 0.152. The Balaban J connectivity index is 7.18. The van der Waals surface area contributed by atoms with E-state index in [0.717, 1.165) is 0 Å². The van der Waals surface area contributed by atoms with Crippen LogP contribution in [-0.2, 0) is 19.1 Å². The summed E-state index contributed by atoms with van der Waals surface area (Å²) in [5.74, 6) is -6.29. The van der Waals surface area contributed by atoms with Crippen molar-refractivity contribution in [3.05, 3.63) is 36.5 Å². The van der Waals surface area contributed by atoms with Gasteiger partial charge in [0.05, 0.1) is 12.0 Å². The fourth-order valence-corrected chi connectivity index (χ4v) is 2.56. The Morgan fingerprint density at radius 3 is 1.43 bits per heavy atom. The van der Waals surface area contributed by atoms with E-state index in [9.17, 15) is 34.5 Å². The van der Waals surface area contributed by atoms with E-state index < -0.39 is 60.8 Å². The van der Waals surface area contributed by atoms with E-state index in [4.69, 9.17) is 25.2 Å². The first-order valence-electron chi connectivity index (χ1n) is 7.51. The Bertz CT molecular complexity index is 649. The molecular weight excluding hydrogens is 384 g/mol. The summed E-state index contributed by atoms with van der Waals surface area (Å²) in [6.07, 6.45) is 0.958. The first kappa shape index (κ1) is 24.8. The Kier molecular flexibility index (Phi) is 9.57. The second kappa shape index (κ2) is 10.8. The molecule has 0 rings (SSSR count). The number of aliphatic carboxylic acids is 3. The molecule has 28 heavy (non-hydrogen) atoms. The van der Waals surface area contributed by atoms with Gasteiger partial charge in [0.2, 0.25) is 0 Å². The van der Waals surface area contributed by atoms with Crippen molar-refractivity contribution < 1.29 is 59.7 Å². The van der Waals surface area contributed by atoms with Crippen molar-refractivity contribution in [2.24, 2.45) is 11.3 Å². The minimum atomic E-state index is -2.63. The molecule has 0 bridgehead atoms. The van der Waals surface area contributed by atoms with E-state index >= 15 is 0 Å². The number of carboxylic acids is 3. The van der Waals surface area contributed by atoms with E-state index in [1.54, 1.807) is 0 Å². The van der Waals surface area contributed by atoms with Crippen LogP contribution >= 0.6 is 0 Å². The molecule has 0 aromatic heterocycles. The van der Waals surface area contributed by atoms with Crippen molar-refractivity contribution in [3.8, 4) is 0 Å². The molecule has 0 saturated heterocycles. The first-order valence-corrected chi connectivity index (χ1v) is 7.51. The number of aliphatic hydroxyl groups is 3. The highest BCUT2D eigenvalue weighted by molar-refractivity contribution is 5.82. The van der Waals surface area contributed by atoms with Gasteiger partial charge in [-0.3, -0.25) is 0 Å². The van der Waals surface area contributed by atoms with E-state index in [0.29, 0.717) is 36.5 Å². The third-order valence-corrected chi connectivity index (χ3v) is 3.88. The van der Waals surface area contributed by atoms with Crippen LogP contribution in [0.15, 0.2) is 36.5 Å². The Morgan fingerprint density at radius 2 is 1.14 bits per heavy atom. The highest BCUT2D eigenvalue weighted by Crippen LogP contribution is 2.45. The van der Waals surface area contributed by atoms with E-state index in [1.165, 1.54) is 0 Å². The summed E-state index contributed by atoms with van der Waals surface area (Å²) in [4.78, 5) is 44.2. The van der Waals surface area contributed by atoms with Gasteiger partial charge in [-0.25, -0.2) is 19.2 Å². The average molecular weight is 404 g/mol. The Hall–Kier alpha value is -3.22. The maximum absolute atomic E-state index is 11.3. The lowest BCUT2D eigenvalue weighted by Crippen LogP contribution is -2.56. The number of hydrogen-bond acceptors (Lipinski definition) is 8. The predicted octanol–water partition coefficient (Wildman–Crippen LogP) is -1.08. The van der Waals surface area contributed by atoms with Crippen molar-refractivity contribution in [2.75, 3.05) is 19.8 Å². The molecule has 7 N–H and O–H groups in total. The van der Waals surface area contributed by atoms with Gasteiger partial charge in [-0.1, -0.05) is 6.08 Å². The van der Waals surface area contributed by atoms with Gasteiger partial charge in [0.1, 0.15) is 0 Å². The monoisotopic (exact) mass is 404 g/mol. The summed E-state index contributed by atoms with van der Waals surface area (Å²) in [7, 11) is 0. The van der Waals surface area contributed by atoms with Crippen molar-refractivity contribution in [1.29, 1.82) is 0 Å². The van der Waals surface area contributed by atoms with Gasteiger partial charge in [0.25, 0.3) is 0 Å². The van der Waals surface area contributed by atoms with Gasteiger partial charge >= 0.3 is 24.1 Å². The largest absolute Gasteiger partial charge is 0.507 e. The highest BCUT2D eigenvalue weighted by Gasteiger charge is 2.54. The number of rotatable bonds is 12. The number of carboxylic acid groups (broad SMARTS) is 4. The lowest BCUT2D eigenvalue weighted by molar-refractivity contribution is -0.133. The SMILES string of the molecule is O=C(O)C=CC(C=CC(=O)O)(OC(=O)O)C(C=CC(=O)O)(CO)C(CO)CO. The van der Waals surface area contributed by atoms with Gasteiger partial charge < -0.3 is 40.5 Å². The fraction of sp³-hybridized carbons (Fsp3) is 0.375. The van der Waals surface area contributed by atoms with E-state index in [-0.39, 0.29) is 0 Å². The first-order chi connectivity index (χ1) is 13.0. The number of carbonyl (C=O) groups is 4. The van der Waals surface area contributed by atoms with Gasteiger partial charge in [0, 0.05) is 37.4 Å². The minimum absolute atomic E-state index is 0.375. The molecule has 0 saturated carbocycles. The molecule has 0 radical (unpaired) electrons. The van der Waals surface area contributed by atoms with Crippen molar-refractivity contribution >= 4 is 24.1 Å². The second-order valence-corrected chi connectivity index (χ2v) is 5.44. The maximum atomic E-state index is 11.3. The molecule has 0 fully saturated rings. The highest BCUT2D eigenvalue weighted by atomic mass is 16.7. The molecule has 0 aliphatic rings. The molecule has 0 aromatic rings. The molecule has 0 heterocycles. The molecule has 0 amide bonds. The summed E-state index contributed by atoms with van der Waals surface area (Å²) in [6.45, 7) is -3.05. The molecule has 12 nitrogen and oxygen atoms in total. The Labute approximate surface area is 157 Å². The molecule has 1 atom stereocenters. The van der Waals surface area contributed by atoms with Crippen LogP contribution in [0, 0.1) is 11.3 Å². The summed E-state index contributed by atoms with van der Waals surface area (Å²) in [5.41, 5.74) is -4.93. The summed E-state index contributed by atoms with van der Waals surface area (Å²) in [6, 6.07) is 0. The van der Waals surface area contributed by atoms with E-state index in [2.05, 4.69) is 0 Å². The standard InChI is InChI=1S/C16H20O12/c17-7-10(8-18)15(9-19,4-1-11(20)21)16(28-14(26)27,5-2-12(22)23)6-3-13(24)25/h1-6,10,17-19H,7-9H2,(H,20,21)(H,22,23)(H,24,25)(H,26,27). The van der Waals surface area contributed by atoms with Crippen LogP contribution in [-0.4, -0.2) is 85.2 Å².